The van der Waals surface area contributed by atoms with Gasteiger partial charge in [-0.15, -0.1) is 0 Å². The van der Waals surface area contributed by atoms with E-state index in [1.165, 1.54) is 20.3 Å². The molecule has 18 heavy (non-hydrogen) atoms. The molecule has 0 aliphatic rings. The van der Waals surface area contributed by atoms with Gasteiger partial charge >= 0.3 is 13.6 Å². The van der Waals surface area contributed by atoms with Crippen LogP contribution >= 0.6 is 7.60 Å². The quantitative estimate of drug-likeness (QED) is 0.452. The van der Waals surface area contributed by atoms with Crippen LogP contribution in [0.3, 0.4) is 0 Å². The second-order valence-electron chi connectivity index (χ2n) is 3.31. The van der Waals surface area contributed by atoms with Gasteiger partial charge in [0.25, 0.3) is 0 Å². The van der Waals surface area contributed by atoms with Gasteiger partial charge in [0, 0.05) is 20.3 Å². The Labute approximate surface area is 106 Å². The summed E-state index contributed by atoms with van der Waals surface area (Å²) in [6, 6.07) is 9.28. The summed E-state index contributed by atoms with van der Waals surface area (Å²) in [5.74, 6) is -0.604. The average molecular weight is 270 g/mol. The molecule has 1 aromatic carbocycles. The van der Waals surface area contributed by atoms with Gasteiger partial charge in [-0.25, -0.2) is 4.79 Å². The van der Waals surface area contributed by atoms with E-state index >= 15 is 0 Å². The van der Waals surface area contributed by atoms with Crippen molar-refractivity contribution >= 4 is 19.6 Å². The smallest absolute Gasteiger partial charge is 0.367 e. The number of hydrogen-bond donors (Lipinski definition) is 0. The van der Waals surface area contributed by atoms with E-state index in [1.54, 1.807) is 6.08 Å². The van der Waals surface area contributed by atoms with E-state index in [0.29, 0.717) is 0 Å². The van der Waals surface area contributed by atoms with Crippen LogP contribution in [-0.2, 0) is 23.1 Å². The molecule has 98 valence electrons. The highest BCUT2D eigenvalue weighted by atomic mass is 31.2. The fourth-order valence-corrected chi connectivity index (χ4v) is 1.74. The largest absolute Gasteiger partial charge is 0.450 e. The second kappa shape index (κ2) is 7.11. The first-order valence-electron chi connectivity index (χ1n) is 5.20. The van der Waals surface area contributed by atoms with E-state index in [1.807, 2.05) is 30.3 Å². The minimum Gasteiger partial charge on any atom is -0.450 e. The normalized spacial score (nSPS) is 11.7. The van der Waals surface area contributed by atoms with Crippen molar-refractivity contribution < 1.29 is 23.1 Å². The Morgan fingerprint density at radius 2 is 1.83 bits per heavy atom. The zero-order chi connectivity index (χ0) is 13.4. The highest BCUT2D eigenvalue weighted by molar-refractivity contribution is 7.53. The summed E-state index contributed by atoms with van der Waals surface area (Å²) in [7, 11) is -0.839. The topological polar surface area (TPSA) is 61.8 Å². The lowest BCUT2D eigenvalue weighted by molar-refractivity contribution is -0.136. The van der Waals surface area contributed by atoms with E-state index in [4.69, 9.17) is 4.74 Å². The van der Waals surface area contributed by atoms with Crippen LogP contribution in [0.2, 0.25) is 0 Å². The average Bonchev–Trinajstić information content (AvgIpc) is 2.43. The molecule has 0 fully saturated rings. The van der Waals surface area contributed by atoms with Crippen molar-refractivity contribution in [3.05, 3.63) is 42.0 Å². The molecule has 0 atom stereocenters. The number of ether oxygens (including phenoxy) is 1. The highest BCUT2D eigenvalue weighted by Crippen LogP contribution is 2.46. The number of carbonyl (C=O) groups excluding carboxylic acids is 1. The monoisotopic (exact) mass is 270 g/mol. The van der Waals surface area contributed by atoms with Crippen molar-refractivity contribution in [2.24, 2.45) is 0 Å². The van der Waals surface area contributed by atoms with Crippen molar-refractivity contribution in [2.75, 3.05) is 20.6 Å². The number of hydrogen-bond acceptors (Lipinski definition) is 5. The van der Waals surface area contributed by atoms with Gasteiger partial charge in [-0.05, 0) is 11.6 Å². The van der Waals surface area contributed by atoms with Crippen molar-refractivity contribution in [1.82, 2.24) is 0 Å². The Hall–Kier alpha value is -1.42. The fraction of sp³-hybridized carbons (Fsp3) is 0.250. The van der Waals surface area contributed by atoms with Gasteiger partial charge in [0.1, 0.15) is 0 Å². The van der Waals surface area contributed by atoms with E-state index < -0.39 is 19.9 Å². The minimum atomic E-state index is -3.31. The van der Waals surface area contributed by atoms with Gasteiger partial charge in [0.2, 0.25) is 0 Å². The van der Waals surface area contributed by atoms with Crippen LogP contribution in [0.4, 0.5) is 0 Å². The SMILES string of the molecule is COP(=O)(COC(=O)/C=C/c1ccccc1)OC. The molecule has 0 spiro atoms. The molecule has 0 aliphatic heterocycles. The van der Waals surface area contributed by atoms with Crippen molar-refractivity contribution in [3.8, 4) is 0 Å². The standard InChI is InChI=1S/C12H15O5P/c1-15-18(14,16-2)10-17-12(13)9-8-11-6-4-3-5-7-11/h3-9H,10H2,1-2H3/b9-8+. The van der Waals surface area contributed by atoms with E-state index in [-0.39, 0.29) is 0 Å². The molecule has 0 amide bonds. The lowest BCUT2D eigenvalue weighted by atomic mass is 10.2. The number of rotatable bonds is 6. The summed E-state index contributed by atoms with van der Waals surface area (Å²) < 4.78 is 25.6. The molecular formula is C12H15O5P. The van der Waals surface area contributed by atoms with Gasteiger partial charge in [0.05, 0.1) is 0 Å². The van der Waals surface area contributed by atoms with Crippen LogP contribution in [0.5, 0.6) is 0 Å². The molecule has 0 radical (unpaired) electrons. The lowest BCUT2D eigenvalue weighted by Gasteiger charge is -2.12. The highest BCUT2D eigenvalue weighted by Gasteiger charge is 2.22. The molecule has 6 heteroatoms. The summed E-state index contributed by atoms with van der Waals surface area (Å²) in [5.41, 5.74) is 0.871. The third kappa shape index (κ3) is 4.84. The summed E-state index contributed by atoms with van der Waals surface area (Å²) >= 11 is 0. The first kappa shape index (κ1) is 14.6. The number of benzene rings is 1. The maximum atomic E-state index is 11.6. The summed E-state index contributed by atoms with van der Waals surface area (Å²) in [6.45, 7) is 0. The Morgan fingerprint density at radius 3 is 2.39 bits per heavy atom. The predicted octanol–water partition coefficient (Wildman–Crippen LogP) is 2.69. The molecule has 0 aliphatic carbocycles. The maximum Gasteiger partial charge on any atom is 0.367 e. The Morgan fingerprint density at radius 1 is 1.22 bits per heavy atom. The molecule has 1 rings (SSSR count). The van der Waals surface area contributed by atoms with Gasteiger partial charge in [-0.3, -0.25) is 4.57 Å². The molecule has 1 aromatic rings. The van der Waals surface area contributed by atoms with Crippen LogP contribution in [0.15, 0.2) is 36.4 Å². The van der Waals surface area contributed by atoms with Crippen LogP contribution in [-0.4, -0.2) is 26.5 Å². The maximum absolute atomic E-state index is 11.6. The van der Waals surface area contributed by atoms with Crippen LogP contribution in [0, 0.1) is 0 Å². The van der Waals surface area contributed by atoms with Gasteiger partial charge < -0.3 is 13.8 Å². The van der Waals surface area contributed by atoms with Crippen molar-refractivity contribution in [1.29, 1.82) is 0 Å². The minimum absolute atomic E-state index is 0.405. The molecule has 0 aromatic heterocycles. The molecular weight excluding hydrogens is 255 g/mol. The van der Waals surface area contributed by atoms with Crippen molar-refractivity contribution in [2.45, 2.75) is 0 Å². The van der Waals surface area contributed by atoms with Gasteiger partial charge in [0.15, 0.2) is 6.35 Å². The van der Waals surface area contributed by atoms with Crippen molar-refractivity contribution in [3.63, 3.8) is 0 Å². The van der Waals surface area contributed by atoms with E-state index in [0.717, 1.165) is 5.56 Å². The zero-order valence-electron chi connectivity index (χ0n) is 10.2. The molecule has 0 saturated heterocycles. The molecule has 0 heterocycles. The molecule has 5 nitrogen and oxygen atoms in total. The molecule has 0 N–H and O–H groups in total. The van der Waals surface area contributed by atoms with E-state index in [9.17, 15) is 9.36 Å². The van der Waals surface area contributed by atoms with Gasteiger partial charge in [-0.1, -0.05) is 30.3 Å². The Bertz CT molecular complexity index is 447. The molecule has 0 bridgehead atoms. The Kier molecular flexibility index (Phi) is 5.78. The summed E-state index contributed by atoms with van der Waals surface area (Å²) in [6.07, 6.45) is 2.45. The molecule has 0 unspecified atom stereocenters. The van der Waals surface area contributed by atoms with Crippen LogP contribution in [0.25, 0.3) is 6.08 Å². The summed E-state index contributed by atoms with van der Waals surface area (Å²) in [4.78, 5) is 11.4. The second-order valence-corrected chi connectivity index (χ2v) is 5.52. The lowest BCUT2D eigenvalue weighted by Crippen LogP contribution is -2.05. The third-order valence-corrected chi connectivity index (χ3v) is 3.69. The number of carbonyl (C=O) groups is 1. The first-order chi connectivity index (χ1) is 8.59. The Balaban J connectivity index is 2.48. The first-order valence-corrected chi connectivity index (χ1v) is 6.93. The summed E-state index contributed by atoms with van der Waals surface area (Å²) in [5, 5.41) is 0. The van der Waals surface area contributed by atoms with Crippen LogP contribution < -0.4 is 0 Å². The number of esters is 1. The fourth-order valence-electron chi connectivity index (χ4n) is 1.10. The zero-order valence-corrected chi connectivity index (χ0v) is 11.1. The molecule has 0 saturated carbocycles. The van der Waals surface area contributed by atoms with Crippen LogP contribution in [0.1, 0.15) is 5.56 Å². The predicted molar refractivity (Wildman–Crippen MR) is 68.1 cm³/mol. The van der Waals surface area contributed by atoms with E-state index in [2.05, 4.69) is 9.05 Å². The third-order valence-electron chi connectivity index (χ3n) is 2.13. The van der Waals surface area contributed by atoms with Gasteiger partial charge in [-0.2, -0.15) is 0 Å².